The van der Waals surface area contributed by atoms with Crippen molar-refractivity contribution in [2.45, 2.75) is 32.9 Å². The zero-order valence-electron chi connectivity index (χ0n) is 10.4. The molecule has 4 heteroatoms. The quantitative estimate of drug-likeness (QED) is 0.704. The summed E-state index contributed by atoms with van der Waals surface area (Å²) in [4.78, 5) is 10.9. The predicted molar refractivity (Wildman–Crippen MR) is 67.7 cm³/mol. The third kappa shape index (κ3) is 4.87. The Hall–Kier alpha value is -1.55. The zero-order valence-corrected chi connectivity index (χ0v) is 10.4. The number of primary amides is 1. The van der Waals surface area contributed by atoms with E-state index in [0.717, 1.165) is 25.1 Å². The van der Waals surface area contributed by atoms with E-state index in [9.17, 15) is 4.79 Å². The molecule has 94 valence electrons. The van der Waals surface area contributed by atoms with Gasteiger partial charge in [-0.2, -0.15) is 0 Å². The molecule has 1 amide bonds. The molecule has 17 heavy (non-hydrogen) atoms. The first-order valence-electron chi connectivity index (χ1n) is 5.89. The number of ether oxygens (including phenoxy) is 1. The predicted octanol–water partition coefficient (Wildman–Crippen LogP) is 1.44. The van der Waals surface area contributed by atoms with Crippen LogP contribution in [0.4, 0.5) is 0 Å². The highest BCUT2D eigenvalue weighted by atomic mass is 16.5. The van der Waals surface area contributed by atoms with Crippen LogP contribution in [0.2, 0.25) is 0 Å². The summed E-state index contributed by atoms with van der Waals surface area (Å²) >= 11 is 0. The summed E-state index contributed by atoms with van der Waals surface area (Å²) in [6, 6.07) is 7.67. The first-order valence-corrected chi connectivity index (χ1v) is 5.89. The molecule has 0 saturated carbocycles. The molecular weight excluding hydrogens is 216 g/mol. The van der Waals surface area contributed by atoms with Crippen LogP contribution in [0.5, 0.6) is 5.75 Å². The molecule has 0 aliphatic heterocycles. The Bertz CT molecular complexity index is 366. The molecule has 0 spiro atoms. The summed E-state index contributed by atoms with van der Waals surface area (Å²) in [7, 11) is 0. The van der Waals surface area contributed by atoms with E-state index in [2.05, 4.69) is 12.2 Å². The van der Waals surface area contributed by atoms with E-state index in [1.165, 1.54) is 0 Å². The molecule has 0 fully saturated rings. The number of nitrogens with two attached hydrogens (primary N) is 1. The summed E-state index contributed by atoms with van der Waals surface area (Å²) in [5, 5.41) is 3.31. The van der Waals surface area contributed by atoms with Gasteiger partial charge in [-0.1, -0.05) is 19.1 Å². The maximum atomic E-state index is 10.9. The molecule has 4 nitrogen and oxygen atoms in total. The third-order valence-corrected chi connectivity index (χ3v) is 2.37. The van der Waals surface area contributed by atoms with E-state index in [1.54, 1.807) is 6.92 Å². The number of amides is 1. The molecule has 0 heterocycles. The van der Waals surface area contributed by atoms with Crippen molar-refractivity contribution in [2.75, 3.05) is 6.54 Å². The highest BCUT2D eigenvalue weighted by molar-refractivity contribution is 5.78. The first kappa shape index (κ1) is 13.5. The Morgan fingerprint density at radius 3 is 2.94 bits per heavy atom. The number of hydrogen-bond donors (Lipinski definition) is 2. The highest BCUT2D eigenvalue weighted by Gasteiger charge is 2.09. The lowest BCUT2D eigenvalue weighted by Gasteiger charge is -2.12. The highest BCUT2D eigenvalue weighted by Crippen LogP contribution is 2.14. The van der Waals surface area contributed by atoms with Gasteiger partial charge in [0, 0.05) is 6.54 Å². The molecule has 1 rings (SSSR count). The number of carbonyl (C=O) groups is 1. The molecule has 3 N–H and O–H groups in total. The Morgan fingerprint density at radius 2 is 2.29 bits per heavy atom. The minimum absolute atomic E-state index is 0.459. The standard InChI is InChI=1S/C13H20N2O2/c1-3-7-15-9-11-5-4-6-12(8-11)17-10(2)13(14)16/h4-6,8,10,15H,3,7,9H2,1-2H3,(H2,14,16). The fourth-order valence-corrected chi connectivity index (χ4v) is 1.40. The molecule has 0 saturated heterocycles. The average Bonchev–Trinajstić information content (AvgIpc) is 2.30. The van der Waals surface area contributed by atoms with Gasteiger partial charge < -0.3 is 15.8 Å². The van der Waals surface area contributed by atoms with Crippen molar-refractivity contribution in [1.29, 1.82) is 0 Å². The second kappa shape index (κ2) is 6.91. The van der Waals surface area contributed by atoms with Gasteiger partial charge in [-0.25, -0.2) is 0 Å². The van der Waals surface area contributed by atoms with Gasteiger partial charge in [0.2, 0.25) is 0 Å². The van der Waals surface area contributed by atoms with E-state index < -0.39 is 12.0 Å². The van der Waals surface area contributed by atoms with E-state index in [4.69, 9.17) is 10.5 Å². The molecule has 0 aromatic heterocycles. The SMILES string of the molecule is CCCNCc1cccc(OC(C)C(N)=O)c1. The zero-order chi connectivity index (χ0) is 12.7. The van der Waals surface area contributed by atoms with Crippen molar-refractivity contribution in [3.05, 3.63) is 29.8 Å². The van der Waals surface area contributed by atoms with Crippen molar-refractivity contribution >= 4 is 5.91 Å². The normalized spacial score (nSPS) is 12.1. The van der Waals surface area contributed by atoms with Gasteiger partial charge >= 0.3 is 0 Å². The number of nitrogens with one attached hydrogen (secondary N) is 1. The van der Waals surface area contributed by atoms with Crippen molar-refractivity contribution in [3.8, 4) is 5.75 Å². The van der Waals surface area contributed by atoms with Gasteiger partial charge in [0.1, 0.15) is 5.75 Å². The number of rotatable bonds is 7. The minimum atomic E-state index is -0.603. The van der Waals surface area contributed by atoms with Gasteiger partial charge in [-0.05, 0) is 37.6 Å². The topological polar surface area (TPSA) is 64.3 Å². The van der Waals surface area contributed by atoms with E-state index in [0.29, 0.717) is 5.75 Å². The monoisotopic (exact) mass is 236 g/mol. The molecule has 0 aliphatic rings. The van der Waals surface area contributed by atoms with Crippen LogP contribution in [0, 0.1) is 0 Å². The van der Waals surface area contributed by atoms with Crippen LogP contribution in [0.15, 0.2) is 24.3 Å². The molecule has 1 aromatic carbocycles. The summed E-state index contributed by atoms with van der Waals surface area (Å²) in [5.74, 6) is 0.214. The fourth-order valence-electron chi connectivity index (χ4n) is 1.40. The summed E-state index contributed by atoms with van der Waals surface area (Å²) in [6.07, 6.45) is 0.503. The minimum Gasteiger partial charge on any atom is -0.481 e. The second-order valence-corrected chi connectivity index (χ2v) is 3.99. The van der Waals surface area contributed by atoms with Crippen LogP contribution in [-0.2, 0) is 11.3 Å². The maximum Gasteiger partial charge on any atom is 0.258 e. The fraction of sp³-hybridized carbons (Fsp3) is 0.462. The Kier molecular flexibility index (Phi) is 5.49. The van der Waals surface area contributed by atoms with Crippen molar-refractivity contribution in [1.82, 2.24) is 5.32 Å². The molecule has 0 aliphatic carbocycles. The van der Waals surface area contributed by atoms with E-state index >= 15 is 0 Å². The number of hydrogen-bond acceptors (Lipinski definition) is 3. The Labute approximate surface area is 102 Å². The maximum absolute atomic E-state index is 10.9. The average molecular weight is 236 g/mol. The summed E-state index contributed by atoms with van der Waals surface area (Å²) < 4.78 is 5.42. The van der Waals surface area contributed by atoms with Crippen LogP contribution >= 0.6 is 0 Å². The number of carbonyl (C=O) groups excluding carboxylic acids is 1. The Morgan fingerprint density at radius 1 is 1.53 bits per heavy atom. The van der Waals surface area contributed by atoms with Crippen LogP contribution in [0.25, 0.3) is 0 Å². The lowest BCUT2D eigenvalue weighted by molar-refractivity contribution is -0.123. The third-order valence-electron chi connectivity index (χ3n) is 2.37. The van der Waals surface area contributed by atoms with Crippen LogP contribution < -0.4 is 15.8 Å². The van der Waals surface area contributed by atoms with E-state index in [1.807, 2.05) is 24.3 Å². The van der Waals surface area contributed by atoms with Gasteiger partial charge in [0.25, 0.3) is 5.91 Å². The molecule has 1 atom stereocenters. The van der Waals surface area contributed by atoms with Crippen molar-refractivity contribution in [3.63, 3.8) is 0 Å². The summed E-state index contributed by atoms with van der Waals surface area (Å²) in [5.41, 5.74) is 6.28. The Balaban J connectivity index is 2.56. The van der Waals surface area contributed by atoms with Gasteiger partial charge in [-0.15, -0.1) is 0 Å². The van der Waals surface area contributed by atoms with Crippen molar-refractivity contribution in [2.24, 2.45) is 5.73 Å². The molecule has 0 radical (unpaired) electrons. The molecular formula is C13H20N2O2. The van der Waals surface area contributed by atoms with Crippen molar-refractivity contribution < 1.29 is 9.53 Å². The van der Waals surface area contributed by atoms with Gasteiger partial charge in [-0.3, -0.25) is 4.79 Å². The van der Waals surface area contributed by atoms with Gasteiger partial charge in [0.05, 0.1) is 0 Å². The van der Waals surface area contributed by atoms with Gasteiger partial charge in [0.15, 0.2) is 6.10 Å². The van der Waals surface area contributed by atoms with Crippen LogP contribution in [-0.4, -0.2) is 18.6 Å². The largest absolute Gasteiger partial charge is 0.481 e. The number of benzene rings is 1. The smallest absolute Gasteiger partial charge is 0.258 e. The molecule has 1 aromatic rings. The van der Waals surface area contributed by atoms with Crippen LogP contribution in [0.1, 0.15) is 25.8 Å². The lowest BCUT2D eigenvalue weighted by atomic mass is 10.2. The van der Waals surface area contributed by atoms with Crippen LogP contribution in [0.3, 0.4) is 0 Å². The second-order valence-electron chi connectivity index (χ2n) is 3.99. The molecule has 1 unspecified atom stereocenters. The lowest BCUT2D eigenvalue weighted by Crippen LogP contribution is -2.30. The molecule has 0 bridgehead atoms. The summed E-state index contributed by atoms with van der Waals surface area (Å²) in [6.45, 7) is 5.56. The van der Waals surface area contributed by atoms with E-state index in [-0.39, 0.29) is 0 Å². The first-order chi connectivity index (χ1) is 8.13.